The number of rotatable bonds is 4. The molecular weight excluding hydrogens is 390 g/mol. The molecule has 2 aromatic heterocycles. The van der Waals surface area contributed by atoms with Crippen LogP contribution in [0, 0.1) is 6.92 Å². The molecule has 8 heteroatoms. The summed E-state index contributed by atoms with van der Waals surface area (Å²) in [6.07, 6.45) is 0. The van der Waals surface area contributed by atoms with Crippen molar-refractivity contribution in [1.82, 2.24) is 25.1 Å². The maximum absolute atomic E-state index is 9.65. The zero-order valence-electron chi connectivity index (χ0n) is 17.6. The molecule has 0 aliphatic carbocycles. The van der Waals surface area contributed by atoms with Gasteiger partial charge in [0, 0.05) is 54.6 Å². The van der Waals surface area contributed by atoms with Crippen LogP contribution in [0.25, 0.3) is 22.3 Å². The molecular formula is C23H25N7O. The number of likely N-dealkylation sites (N-methyl/N-ethyl adjacent to an activating group) is 1. The monoisotopic (exact) mass is 415 g/mol. The third kappa shape index (κ3) is 4.02. The van der Waals surface area contributed by atoms with E-state index < -0.39 is 0 Å². The second-order valence-electron chi connectivity index (χ2n) is 8.00. The predicted molar refractivity (Wildman–Crippen MR) is 123 cm³/mol. The number of fused-ring (bicyclic) bond motifs is 1. The first-order valence-corrected chi connectivity index (χ1v) is 10.4. The van der Waals surface area contributed by atoms with Gasteiger partial charge >= 0.3 is 0 Å². The van der Waals surface area contributed by atoms with Crippen LogP contribution in [0.4, 0.5) is 17.3 Å². The molecule has 0 atom stereocenters. The Morgan fingerprint density at radius 1 is 0.968 bits per heavy atom. The first-order valence-electron chi connectivity index (χ1n) is 10.4. The van der Waals surface area contributed by atoms with E-state index in [1.807, 2.05) is 25.1 Å². The number of hydrogen-bond acceptors (Lipinski definition) is 7. The number of aromatic nitrogens is 4. The Bertz CT molecular complexity index is 1210. The van der Waals surface area contributed by atoms with Crippen molar-refractivity contribution in [2.75, 3.05) is 43.4 Å². The van der Waals surface area contributed by atoms with Gasteiger partial charge in [-0.2, -0.15) is 5.10 Å². The molecule has 5 rings (SSSR count). The summed E-state index contributed by atoms with van der Waals surface area (Å²) in [6.45, 7) is 6.04. The molecule has 31 heavy (non-hydrogen) atoms. The van der Waals surface area contributed by atoms with Crippen LogP contribution in [0.5, 0.6) is 5.75 Å². The predicted octanol–water partition coefficient (Wildman–Crippen LogP) is 3.53. The summed E-state index contributed by atoms with van der Waals surface area (Å²) in [4.78, 5) is 14.4. The van der Waals surface area contributed by atoms with Crippen LogP contribution in [0.2, 0.25) is 0 Å². The second kappa shape index (κ2) is 7.88. The van der Waals surface area contributed by atoms with Crippen molar-refractivity contribution in [3.8, 4) is 17.1 Å². The number of aromatic hydroxyl groups is 1. The maximum atomic E-state index is 9.65. The lowest BCUT2D eigenvalue weighted by Crippen LogP contribution is -2.44. The van der Waals surface area contributed by atoms with E-state index in [4.69, 9.17) is 9.97 Å². The van der Waals surface area contributed by atoms with Gasteiger partial charge in [0.25, 0.3) is 0 Å². The van der Waals surface area contributed by atoms with Crippen LogP contribution in [-0.2, 0) is 0 Å². The van der Waals surface area contributed by atoms with Crippen molar-refractivity contribution in [3.63, 3.8) is 0 Å². The Morgan fingerprint density at radius 3 is 2.45 bits per heavy atom. The molecule has 3 heterocycles. The number of piperazine rings is 1. The smallest absolute Gasteiger partial charge is 0.162 e. The Kier molecular flexibility index (Phi) is 4.91. The Morgan fingerprint density at radius 2 is 1.74 bits per heavy atom. The van der Waals surface area contributed by atoms with Crippen LogP contribution in [0.15, 0.2) is 48.5 Å². The van der Waals surface area contributed by atoms with E-state index in [1.54, 1.807) is 12.1 Å². The molecule has 1 saturated heterocycles. The number of anilines is 3. The maximum Gasteiger partial charge on any atom is 0.162 e. The van der Waals surface area contributed by atoms with Gasteiger partial charge in [0.1, 0.15) is 11.6 Å². The standard InChI is InChI=1S/C23H25N7O/c1-15-13-21(28-27-15)25-23-19-8-5-17(30-11-9-29(2)10-12-30)14-20(19)24-22(26-23)16-3-6-18(31)7-4-16/h3-8,13-14,31H,9-12H2,1-2H3,(H2,24,25,26,27,28). The second-order valence-corrected chi connectivity index (χ2v) is 8.00. The van der Waals surface area contributed by atoms with Crippen molar-refractivity contribution in [2.45, 2.75) is 6.92 Å². The van der Waals surface area contributed by atoms with Crippen LogP contribution in [0.1, 0.15) is 5.69 Å². The molecule has 0 unspecified atom stereocenters. The zero-order chi connectivity index (χ0) is 21.4. The summed E-state index contributed by atoms with van der Waals surface area (Å²) < 4.78 is 0. The quantitative estimate of drug-likeness (QED) is 0.469. The molecule has 2 aromatic carbocycles. The third-order valence-electron chi connectivity index (χ3n) is 5.63. The molecule has 0 amide bonds. The first kappa shape index (κ1) is 19.3. The van der Waals surface area contributed by atoms with Crippen LogP contribution in [-0.4, -0.2) is 63.4 Å². The molecule has 0 spiro atoms. The number of H-pyrrole nitrogens is 1. The van der Waals surface area contributed by atoms with Crippen molar-refractivity contribution in [2.24, 2.45) is 0 Å². The zero-order valence-corrected chi connectivity index (χ0v) is 17.6. The summed E-state index contributed by atoms with van der Waals surface area (Å²) >= 11 is 0. The molecule has 3 N–H and O–H groups in total. The lowest BCUT2D eigenvalue weighted by molar-refractivity contribution is 0.313. The highest BCUT2D eigenvalue weighted by Gasteiger charge is 2.17. The molecule has 1 fully saturated rings. The van der Waals surface area contributed by atoms with Gasteiger partial charge in [-0.15, -0.1) is 0 Å². The molecule has 158 valence electrons. The Hall–Kier alpha value is -3.65. The van der Waals surface area contributed by atoms with E-state index in [9.17, 15) is 5.11 Å². The average Bonchev–Trinajstić information content (AvgIpc) is 3.19. The number of aryl methyl sites for hydroxylation is 1. The molecule has 1 aliphatic heterocycles. The number of hydrogen-bond donors (Lipinski definition) is 3. The van der Waals surface area contributed by atoms with E-state index in [0.29, 0.717) is 17.5 Å². The molecule has 8 nitrogen and oxygen atoms in total. The highest BCUT2D eigenvalue weighted by molar-refractivity contribution is 5.94. The van der Waals surface area contributed by atoms with Gasteiger partial charge in [-0.3, -0.25) is 5.10 Å². The number of phenolic OH excluding ortho intramolecular Hbond substituents is 1. The van der Waals surface area contributed by atoms with Gasteiger partial charge in [0.05, 0.1) is 5.52 Å². The summed E-state index contributed by atoms with van der Waals surface area (Å²) in [5.74, 6) is 2.21. The summed E-state index contributed by atoms with van der Waals surface area (Å²) in [5.41, 5.74) is 3.84. The van der Waals surface area contributed by atoms with Crippen LogP contribution in [0.3, 0.4) is 0 Å². The van der Waals surface area contributed by atoms with Gasteiger partial charge < -0.3 is 20.2 Å². The molecule has 0 bridgehead atoms. The van der Waals surface area contributed by atoms with Gasteiger partial charge in [0.2, 0.25) is 0 Å². The largest absolute Gasteiger partial charge is 0.508 e. The highest BCUT2D eigenvalue weighted by atomic mass is 16.3. The minimum atomic E-state index is 0.215. The highest BCUT2D eigenvalue weighted by Crippen LogP contribution is 2.30. The summed E-state index contributed by atoms with van der Waals surface area (Å²) in [6, 6.07) is 15.2. The lowest BCUT2D eigenvalue weighted by atomic mass is 10.1. The van der Waals surface area contributed by atoms with E-state index >= 15 is 0 Å². The Balaban J connectivity index is 1.59. The Labute approximate surface area is 180 Å². The fourth-order valence-electron chi connectivity index (χ4n) is 3.82. The fraction of sp³-hybridized carbons (Fsp3) is 0.261. The topological polar surface area (TPSA) is 93.2 Å². The van der Waals surface area contributed by atoms with Crippen LogP contribution >= 0.6 is 0 Å². The van der Waals surface area contributed by atoms with Crippen molar-refractivity contribution < 1.29 is 5.11 Å². The van der Waals surface area contributed by atoms with Gasteiger partial charge in [0.15, 0.2) is 11.6 Å². The first-order chi connectivity index (χ1) is 15.0. The number of aromatic amines is 1. The van der Waals surface area contributed by atoms with Gasteiger partial charge in [-0.25, -0.2) is 9.97 Å². The van der Waals surface area contributed by atoms with Crippen molar-refractivity contribution >= 4 is 28.2 Å². The average molecular weight is 416 g/mol. The number of nitrogens with one attached hydrogen (secondary N) is 2. The third-order valence-corrected chi connectivity index (χ3v) is 5.63. The normalized spacial score (nSPS) is 14.8. The number of benzene rings is 2. The molecule has 4 aromatic rings. The van der Waals surface area contributed by atoms with Crippen molar-refractivity contribution in [3.05, 3.63) is 54.2 Å². The van der Waals surface area contributed by atoms with Gasteiger partial charge in [-0.05, 0) is 56.4 Å². The summed E-state index contributed by atoms with van der Waals surface area (Å²) in [7, 11) is 2.16. The van der Waals surface area contributed by atoms with E-state index in [0.717, 1.165) is 54.0 Å². The van der Waals surface area contributed by atoms with Gasteiger partial charge in [-0.1, -0.05) is 0 Å². The molecule has 0 saturated carbocycles. The van der Waals surface area contributed by atoms with E-state index in [1.165, 1.54) is 0 Å². The van der Waals surface area contributed by atoms with E-state index in [-0.39, 0.29) is 5.75 Å². The van der Waals surface area contributed by atoms with E-state index in [2.05, 4.69) is 50.6 Å². The molecule has 0 radical (unpaired) electrons. The molecule has 1 aliphatic rings. The number of nitrogens with zero attached hydrogens (tertiary/aromatic N) is 5. The fourth-order valence-corrected chi connectivity index (χ4v) is 3.82. The minimum absolute atomic E-state index is 0.215. The lowest BCUT2D eigenvalue weighted by Gasteiger charge is -2.34. The summed E-state index contributed by atoms with van der Waals surface area (Å²) in [5, 5.41) is 21.2. The number of phenols is 1. The SMILES string of the molecule is Cc1cc(Nc2nc(-c3ccc(O)cc3)nc3cc(N4CCN(C)CC4)ccc23)n[nH]1. The van der Waals surface area contributed by atoms with Crippen molar-refractivity contribution in [1.29, 1.82) is 0 Å². The van der Waals surface area contributed by atoms with Crippen LogP contribution < -0.4 is 10.2 Å². The minimum Gasteiger partial charge on any atom is -0.508 e.